The van der Waals surface area contributed by atoms with E-state index in [1.54, 1.807) is 16.8 Å². The van der Waals surface area contributed by atoms with Crippen LogP contribution in [-0.2, 0) is 14.3 Å². The van der Waals surface area contributed by atoms with E-state index in [2.05, 4.69) is 0 Å². The lowest BCUT2D eigenvalue weighted by Gasteiger charge is -2.46. The first-order chi connectivity index (χ1) is 9.21. The van der Waals surface area contributed by atoms with E-state index in [1.165, 1.54) is 0 Å². The van der Waals surface area contributed by atoms with Crippen LogP contribution < -0.4 is 0 Å². The van der Waals surface area contributed by atoms with Crippen molar-refractivity contribution in [2.75, 3.05) is 33.3 Å². The first-order valence-electron chi connectivity index (χ1n) is 7.07. The molecule has 2 aliphatic heterocycles. The Morgan fingerprint density at radius 3 is 2.40 bits per heavy atom. The number of rotatable bonds is 0. The lowest BCUT2D eigenvalue weighted by molar-refractivity contribution is -0.168. The van der Waals surface area contributed by atoms with Gasteiger partial charge in [-0.3, -0.25) is 4.79 Å². The number of hydrogen-bond acceptors (Lipinski definition) is 4. The molecule has 2 heterocycles. The van der Waals surface area contributed by atoms with Gasteiger partial charge in [0.2, 0.25) is 5.91 Å². The average Bonchev–Trinajstić information content (AvgIpc) is 2.33. The molecular weight excluding hydrogens is 260 g/mol. The molecule has 2 fully saturated rings. The molecule has 6 heteroatoms. The maximum atomic E-state index is 12.0. The van der Waals surface area contributed by atoms with Crippen LogP contribution in [0, 0.1) is 0 Å². The van der Waals surface area contributed by atoms with E-state index in [4.69, 9.17) is 9.47 Å². The molecule has 20 heavy (non-hydrogen) atoms. The predicted molar refractivity (Wildman–Crippen MR) is 73.4 cm³/mol. The largest absolute Gasteiger partial charge is 0.444 e. The van der Waals surface area contributed by atoms with Gasteiger partial charge in [0.1, 0.15) is 12.2 Å². The molecule has 2 rings (SSSR count). The zero-order valence-corrected chi connectivity index (χ0v) is 12.8. The standard InChI is InChI=1S/C14H24N2O4/c1-13(2,3)20-12(18)16-7-5-14(6-8-16)10-15(4)11(17)9-19-14/h5-10H2,1-4H3. The fourth-order valence-corrected chi connectivity index (χ4v) is 2.62. The topological polar surface area (TPSA) is 59.1 Å². The number of ether oxygens (including phenoxy) is 2. The Bertz CT molecular complexity index is 394. The van der Waals surface area contributed by atoms with Crippen molar-refractivity contribution in [1.82, 2.24) is 9.80 Å². The Hall–Kier alpha value is -1.30. The monoisotopic (exact) mass is 284 g/mol. The van der Waals surface area contributed by atoms with Crippen molar-refractivity contribution in [3.05, 3.63) is 0 Å². The Kier molecular flexibility index (Phi) is 3.95. The molecule has 0 aromatic carbocycles. The molecular formula is C14H24N2O4. The zero-order valence-electron chi connectivity index (χ0n) is 12.8. The Morgan fingerprint density at radius 1 is 1.30 bits per heavy atom. The molecule has 0 saturated carbocycles. The van der Waals surface area contributed by atoms with Gasteiger partial charge in [0.05, 0.1) is 5.60 Å². The molecule has 0 radical (unpaired) electrons. The minimum absolute atomic E-state index is 0.0187. The summed E-state index contributed by atoms with van der Waals surface area (Å²) in [5.74, 6) is 0.0187. The van der Waals surface area contributed by atoms with Crippen molar-refractivity contribution in [3.8, 4) is 0 Å². The van der Waals surface area contributed by atoms with Crippen molar-refractivity contribution < 1.29 is 19.1 Å². The maximum absolute atomic E-state index is 12.0. The van der Waals surface area contributed by atoms with Gasteiger partial charge < -0.3 is 19.3 Å². The van der Waals surface area contributed by atoms with E-state index in [1.807, 2.05) is 20.8 Å². The van der Waals surface area contributed by atoms with Crippen LogP contribution in [0.1, 0.15) is 33.6 Å². The molecule has 0 bridgehead atoms. The summed E-state index contributed by atoms with van der Waals surface area (Å²) in [6.07, 6.45) is 1.21. The fourth-order valence-electron chi connectivity index (χ4n) is 2.62. The zero-order chi connectivity index (χ0) is 15.0. The van der Waals surface area contributed by atoms with Crippen LogP contribution in [0.4, 0.5) is 4.79 Å². The van der Waals surface area contributed by atoms with Gasteiger partial charge >= 0.3 is 6.09 Å². The molecule has 6 nitrogen and oxygen atoms in total. The molecule has 0 aromatic heterocycles. The van der Waals surface area contributed by atoms with E-state index < -0.39 is 5.60 Å². The predicted octanol–water partition coefficient (Wildman–Crippen LogP) is 1.24. The fraction of sp³-hybridized carbons (Fsp3) is 0.857. The number of carbonyl (C=O) groups is 2. The number of piperidine rings is 1. The SMILES string of the molecule is CN1CC2(CCN(C(=O)OC(C)(C)C)CC2)OCC1=O. The maximum Gasteiger partial charge on any atom is 0.410 e. The molecule has 2 aliphatic rings. The second-order valence-electron chi connectivity index (χ2n) is 6.69. The number of amides is 2. The molecule has 0 atom stereocenters. The summed E-state index contributed by atoms with van der Waals surface area (Å²) in [6.45, 7) is 7.55. The van der Waals surface area contributed by atoms with Gasteiger partial charge in [0, 0.05) is 26.7 Å². The third-order valence-corrected chi connectivity index (χ3v) is 3.78. The van der Waals surface area contributed by atoms with Gasteiger partial charge in [-0.15, -0.1) is 0 Å². The Balaban J connectivity index is 1.89. The van der Waals surface area contributed by atoms with Crippen LogP contribution in [0.3, 0.4) is 0 Å². The van der Waals surface area contributed by atoms with Crippen molar-refractivity contribution in [1.29, 1.82) is 0 Å². The summed E-state index contributed by atoms with van der Waals surface area (Å²) in [5, 5.41) is 0. The third-order valence-electron chi connectivity index (χ3n) is 3.78. The summed E-state index contributed by atoms with van der Waals surface area (Å²) in [6, 6.07) is 0. The van der Waals surface area contributed by atoms with Crippen LogP contribution in [0.2, 0.25) is 0 Å². The van der Waals surface area contributed by atoms with Gasteiger partial charge in [-0.1, -0.05) is 0 Å². The number of likely N-dealkylation sites (tertiary alicyclic amines) is 1. The van der Waals surface area contributed by atoms with Crippen LogP contribution in [-0.4, -0.2) is 66.3 Å². The van der Waals surface area contributed by atoms with Gasteiger partial charge in [-0.2, -0.15) is 0 Å². The van der Waals surface area contributed by atoms with E-state index in [0.717, 1.165) is 12.8 Å². The first kappa shape index (κ1) is 15.1. The number of carbonyl (C=O) groups excluding carboxylic acids is 2. The Labute approximate surface area is 120 Å². The van der Waals surface area contributed by atoms with E-state index >= 15 is 0 Å². The molecule has 2 amide bonds. The van der Waals surface area contributed by atoms with E-state index in [-0.39, 0.29) is 24.2 Å². The molecule has 0 aliphatic carbocycles. The minimum Gasteiger partial charge on any atom is -0.444 e. The summed E-state index contributed by atoms with van der Waals surface area (Å²) in [7, 11) is 1.80. The van der Waals surface area contributed by atoms with Crippen LogP contribution in [0.25, 0.3) is 0 Å². The Morgan fingerprint density at radius 2 is 1.90 bits per heavy atom. The third kappa shape index (κ3) is 3.42. The summed E-state index contributed by atoms with van der Waals surface area (Å²) in [4.78, 5) is 26.9. The minimum atomic E-state index is -0.472. The molecule has 0 unspecified atom stereocenters. The lowest BCUT2D eigenvalue weighted by Crippen LogP contribution is -2.58. The highest BCUT2D eigenvalue weighted by Crippen LogP contribution is 2.30. The summed E-state index contributed by atoms with van der Waals surface area (Å²) in [5.41, 5.74) is -0.763. The second kappa shape index (κ2) is 5.24. The second-order valence-corrected chi connectivity index (χ2v) is 6.69. The number of hydrogen-bond donors (Lipinski definition) is 0. The van der Waals surface area contributed by atoms with Gasteiger partial charge in [0.15, 0.2) is 0 Å². The van der Waals surface area contributed by atoms with Crippen LogP contribution >= 0.6 is 0 Å². The molecule has 0 N–H and O–H groups in total. The van der Waals surface area contributed by atoms with Crippen LogP contribution in [0.15, 0.2) is 0 Å². The number of nitrogens with zero attached hydrogens (tertiary/aromatic N) is 2. The van der Waals surface area contributed by atoms with Gasteiger partial charge in [0.25, 0.3) is 0 Å². The van der Waals surface area contributed by atoms with E-state index in [9.17, 15) is 9.59 Å². The van der Waals surface area contributed by atoms with Crippen LogP contribution in [0.5, 0.6) is 0 Å². The average molecular weight is 284 g/mol. The first-order valence-corrected chi connectivity index (χ1v) is 7.07. The van der Waals surface area contributed by atoms with Gasteiger partial charge in [-0.05, 0) is 33.6 Å². The smallest absolute Gasteiger partial charge is 0.410 e. The van der Waals surface area contributed by atoms with Crippen molar-refractivity contribution in [2.24, 2.45) is 0 Å². The highest BCUT2D eigenvalue weighted by Gasteiger charge is 2.42. The summed E-state index contributed by atoms with van der Waals surface area (Å²) >= 11 is 0. The molecule has 0 aromatic rings. The van der Waals surface area contributed by atoms with Crippen molar-refractivity contribution in [2.45, 2.75) is 44.8 Å². The number of likely N-dealkylation sites (N-methyl/N-ethyl adjacent to an activating group) is 1. The normalized spacial score (nSPS) is 23.1. The summed E-state index contributed by atoms with van der Waals surface area (Å²) < 4.78 is 11.1. The number of morpholine rings is 1. The molecule has 1 spiro atoms. The highest BCUT2D eigenvalue weighted by molar-refractivity contribution is 5.78. The lowest BCUT2D eigenvalue weighted by atomic mass is 9.89. The van der Waals surface area contributed by atoms with Gasteiger partial charge in [-0.25, -0.2) is 4.79 Å². The molecule has 114 valence electrons. The van der Waals surface area contributed by atoms with E-state index in [0.29, 0.717) is 19.6 Å². The van der Waals surface area contributed by atoms with Crippen molar-refractivity contribution in [3.63, 3.8) is 0 Å². The highest BCUT2D eigenvalue weighted by atomic mass is 16.6. The quantitative estimate of drug-likeness (QED) is 0.671. The molecule has 2 saturated heterocycles. The van der Waals surface area contributed by atoms with Crippen molar-refractivity contribution >= 4 is 12.0 Å².